The van der Waals surface area contributed by atoms with Gasteiger partial charge in [-0.2, -0.15) is 0 Å². The van der Waals surface area contributed by atoms with Gasteiger partial charge in [-0.3, -0.25) is 0 Å². The van der Waals surface area contributed by atoms with Crippen LogP contribution in [0, 0.1) is 5.92 Å². The molecule has 0 aliphatic heterocycles. The summed E-state index contributed by atoms with van der Waals surface area (Å²) in [5, 5.41) is 0. The van der Waals surface area contributed by atoms with Gasteiger partial charge in [0.05, 0.1) is 0 Å². The molecule has 17 heavy (non-hydrogen) atoms. The van der Waals surface area contributed by atoms with Gasteiger partial charge >= 0.3 is 0 Å². The van der Waals surface area contributed by atoms with Gasteiger partial charge in [0.1, 0.15) is 5.82 Å². The predicted octanol–water partition coefficient (Wildman–Crippen LogP) is 2.97. The van der Waals surface area contributed by atoms with Gasteiger partial charge in [0.25, 0.3) is 0 Å². The van der Waals surface area contributed by atoms with Crippen LogP contribution in [0.4, 0.5) is 5.82 Å². The largest absolute Gasteiger partial charge is 0.356 e. The van der Waals surface area contributed by atoms with E-state index in [1.807, 2.05) is 19.2 Å². The van der Waals surface area contributed by atoms with E-state index in [2.05, 4.69) is 36.7 Å². The van der Waals surface area contributed by atoms with Crippen LogP contribution < -0.4 is 10.6 Å². The summed E-state index contributed by atoms with van der Waals surface area (Å²) in [6.07, 6.45) is 3.04. The lowest BCUT2D eigenvalue weighted by Crippen LogP contribution is -2.30. The molecule has 1 aromatic rings. The Labute approximate surface area is 105 Å². The Balaban J connectivity index is 2.94. The van der Waals surface area contributed by atoms with Gasteiger partial charge in [-0.15, -0.1) is 0 Å². The molecule has 0 saturated carbocycles. The Morgan fingerprint density at radius 1 is 1.35 bits per heavy atom. The van der Waals surface area contributed by atoms with Crippen LogP contribution in [0.2, 0.25) is 0 Å². The van der Waals surface area contributed by atoms with Crippen molar-refractivity contribution in [2.24, 2.45) is 11.7 Å². The standard InChI is InChI=1S/C14H25N3/c1-5-11(3)10-17(6-2)14-13(12(4)15)8-7-9-16-14/h7-9,11-12H,5-6,10,15H2,1-4H3/t11?,12-/m1/s1. The Hall–Kier alpha value is -1.09. The molecule has 0 bridgehead atoms. The fraction of sp³-hybridized carbons (Fsp3) is 0.643. The van der Waals surface area contributed by atoms with Crippen LogP contribution in [0.3, 0.4) is 0 Å². The summed E-state index contributed by atoms with van der Waals surface area (Å²) in [5.74, 6) is 1.73. The van der Waals surface area contributed by atoms with Gasteiger partial charge in [-0.25, -0.2) is 4.98 Å². The zero-order chi connectivity index (χ0) is 12.8. The second-order valence-corrected chi connectivity index (χ2v) is 4.76. The molecule has 0 fully saturated rings. The van der Waals surface area contributed by atoms with Crippen molar-refractivity contribution in [3.05, 3.63) is 23.9 Å². The molecule has 96 valence electrons. The summed E-state index contributed by atoms with van der Waals surface area (Å²) >= 11 is 0. The highest BCUT2D eigenvalue weighted by atomic mass is 15.2. The van der Waals surface area contributed by atoms with Crippen molar-refractivity contribution in [2.75, 3.05) is 18.0 Å². The number of nitrogens with two attached hydrogens (primary N) is 1. The number of aromatic nitrogens is 1. The fourth-order valence-electron chi connectivity index (χ4n) is 1.90. The second kappa shape index (κ2) is 6.60. The lowest BCUT2D eigenvalue weighted by atomic mass is 10.1. The van der Waals surface area contributed by atoms with Gasteiger partial charge in [0.2, 0.25) is 0 Å². The normalized spacial score (nSPS) is 14.4. The Morgan fingerprint density at radius 2 is 2.06 bits per heavy atom. The lowest BCUT2D eigenvalue weighted by molar-refractivity contribution is 0.543. The van der Waals surface area contributed by atoms with Crippen molar-refractivity contribution < 1.29 is 0 Å². The van der Waals surface area contributed by atoms with Gasteiger partial charge in [0.15, 0.2) is 0 Å². The summed E-state index contributed by atoms with van der Waals surface area (Å²) < 4.78 is 0. The predicted molar refractivity (Wildman–Crippen MR) is 74.2 cm³/mol. The summed E-state index contributed by atoms with van der Waals surface area (Å²) in [5.41, 5.74) is 7.14. The number of hydrogen-bond acceptors (Lipinski definition) is 3. The maximum Gasteiger partial charge on any atom is 0.133 e. The topological polar surface area (TPSA) is 42.2 Å². The van der Waals surface area contributed by atoms with E-state index >= 15 is 0 Å². The first-order valence-corrected chi connectivity index (χ1v) is 6.55. The monoisotopic (exact) mass is 235 g/mol. The number of hydrogen-bond donors (Lipinski definition) is 1. The minimum Gasteiger partial charge on any atom is -0.356 e. The van der Waals surface area contributed by atoms with Crippen molar-refractivity contribution in [2.45, 2.75) is 40.2 Å². The third-order valence-electron chi connectivity index (χ3n) is 3.22. The van der Waals surface area contributed by atoms with Crippen molar-refractivity contribution in [3.8, 4) is 0 Å². The van der Waals surface area contributed by atoms with E-state index in [0.29, 0.717) is 5.92 Å². The molecule has 1 aromatic heterocycles. The molecule has 3 nitrogen and oxygen atoms in total. The summed E-state index contributed by atoms with van der Waals surface area (Å²) in [6.45, 7) is 10.7. The highest BCUT2D eigenvalue weighted by Crippen LogP contribution is 2.23. The lowest BCUT2D eigenvalue weighted by Gasteiger charge is -2.27. The molecule has 3 heteroatoms. The highest BCUT2D eigenvalue weighted by molar-refractivity contribution is 5.48. The van der Waals surface area contributed by atoms with E-state index in [-0.39, 0.29) is 6.04 Å². The average Bonchev–Trinajstić information content (AvgIpc) is 2.35. The summed E-state index contributed by atoms with van der Waals surface area (Å²) in [4.78, 5) is 6.83. The van der Waals surface area contributed by atoms with Crippen LogP contribution in [0.25, 0.3) is 0 Å². The molecular formula is C14H25N3. The average molecular weight is 235 g/mol. The van der Waals surface area contributed by atoms with E-state index in [4.69, 9.17) is 5.73 Å². The van der Waals surface area contributed by atoms with Gasteiger partial charge < -0.3 is 10.6 Å². The first-order valence-electron chi connectivity index (χ1n) is 6.55. The van der Waals surface area contributed by atoms with Crippen molar-refractivity contribution >= 4 is 5.82 Å². The SMILES string of the molecule is CCC(C)CN(CC)c1ncccc1[C@@H](C)N. The molecule has 0 spiro atoms. The third kappa shape index (κ3) is 3.70. The highest BCUT2D eigenvalue weighted by Gasteiger charge is 2.15. The number of rotatable bonds is 6. The number of nitrogens with zero attached hydrogens (tertiary/aromatic N) is 2. The van der Waals surface area contributed by atoms with Crippen LogP contribution in [-0.2, 0) is 0 Å². The first-order chi connectivity index (χ1) is 8.10. The Morgan fingerprint density at radius 3 is 2.59 bits per heavy atom. The van der Waals surface area contributed by atoms with Crippen molar-refractivity contribution in [3.63, 3.8) is 0 Å². The van der Waals surface area contributed by atoms with Crippen molar-refractivity contribution in [1.82, 2.24) is 4.98 Å². The molecule has 0 aromatic carbocycles. The number of anilines is 1. The van der Waals surface area contributed by atoms with E-state index in [1.54, 1.807) is 0 Å². The maximum absolute atomic E-state index is 6.00. The molecule has 1 rings (SSSR count). The van der Waals surface area contributed by atoms with Gasteiger partial charge in [-0.05, 0) is 25.8 Å². The molecule has 0 saturated heterocycles. The summed E-state index contributed by atoms with van der Waals surface area (Å²) in [7, 11) is 0. The molecule has 2 atom stereocenters. The van der Waals surface area contributed by atoms with Gasteiger partial charge in [0, 0.05) is 30.9 Å². The maximum atomic E-state index is 6.00. The zero-order valence-electron chi connectivity index (χ0n) is 11.5. The van der Waals surface area contributed by atoms with Crippen LogP contribution in [-0.4, -0.2) is 18.1 Å². The number of pyridine rings is 1. The van der Waals surface area contributed by atoms with Crippen LogP contribution in [0.15, 0.2) is 18.3 Å². The third-order valence-corrected chi connectivity index (χ3v) is 3.22. The van der Waals surface area contributed by atoms with E-state index in [9.17, 15) is 0 Å². The first kappa shape index (κ1) is 14.0. The second-order valence-electron chi connectivity index (χ2n) is 4.76. The van der Waals surface area contributed by atoms with Crippen LogP contribution in [0.5, 0.6) is 0 Å². The Bertz CT molecular complexity index is 336. The zero-order valence-corrected chi connectivity index (χ0v) is 11.5. The van der Waals surface area contributed by atoms with E-state index in [1.165, 1.54) is 6.42 Å². The molecule has 0 radical (unpaired) electrons. The minimum atomic E-state index is 0.0321. The quantitative estimate of drug-likeness (QED) is 0.824. The van der Waals surface area contributed by atoms with E-state index in [0.717, 1.165) is 24.5 Å². The molecular weight excluding hydrogens is 210 g/mol. The summed E-state index contributed by atoms with van der Waals surface area (Å²) in [6, 6.07) is 4.07. The molecule has 0 aliphatic carbocycles. The smallest absolute Gasteiger partial charge is 0.133 e. The Kier molecular flexibility index (Phi) is 5.42. The molecule has 2 N–H and O–H groups in total. The van der Waals surface area contributed by atoms with Gasteiger partial charge in [-0.1, -0.05) is 26.3 Å². The molecule has 0 aliphatic rings. The fourth-order valence-corrected chi connectivity index (χ4v) is 1.90. The van der Waals surface area contributed by atoms with E-state index < -0.39 is 0 Å². The van der Waals surface area contributed by atoms with Crippen LogP contribution >= 0.6 is 0 Å². The minimum absolute atomic E-state index is 0.0321. The van der Waals surface area contributed by atoms with Crippen LogP contribution in [0.1, 0.15) is 45.7 Å². The molecule has 1 heterocycles. The molecule has 0 amide bonds. The van der Waals surface area contributed by atoms with Crippen molar-refractivity contribution in [1.29, 1.82) is 0 Å². The molecule has 1 unspecified atom stereocenters.